The molecule has 0 aromatic heterocycles. The lowest BCUT2D eigenvalue weighted by molar-refractivity contribution is -0.129. The third kappa shape index (κ3) is 0.839. The van der Waals surface area contributed by atoms with Crippen LogP contribution < -0.4 is 0 Å². The highest BCUT2D eigenvalue weighted by molar-refractivity contribution is 5.97. The molecule has 2 heteroatoms. The molecule has 0 spiro atoms. The normalized spacial score (nSPS) is 52.6. The summed E-state index contributed by atoms with van der Waals surface area (Å²) in [5.74, 6) is 2.07. The lowest BCUT2D eigenvalue weighted by Crippen LogP contribution is -2.21. The Labute approximate surface area is 77.7 Å². The first-order chi connectivity index (χ1) is 6.31. The molecule has 0 amide bonds. The fraction of sp³-hybridized carbons (Fsp3) is 0.818. The molecule has 0 aromatic carbocycles. The summed E-state index contributed by atoms with van der Waals surface area (Å²) in [6, 6.07) is 0. The molecule has 3 fully saturated rings. The topological polar surface area (TPSA) is 34.1 Å². The van der Waals surface area contributed by atoms with Crippen LogP contribution in [0.3, 0.4) is 0 Å². The Morgan fingerprint density at radius 2 is 1.92 bits per heavy atom. The number of rotatable bonds is 1. The lowest BCUT2D eigenvalue weighted by Gasteiger charge is -2.25. The Morgan fingerprint density at radius 1 is 1.15 bits per heavy atom. The van der Waals surface area contributed by atoms with E-state index in [1.165, 1.54) is 19.3 Å². The van der Waals surface area contributed by atoms with Crippen molar-refractivity contribution in [2.75, 3.05) is 0 Å². The largest absolute Gasteiger partial charge is 0.303 e. The number of aldehydes is 1. The second kappa shape index (κ2) is 2.43. The average molecular weight is 178 g/mol. The molecule has 0 aliphatic heterocycles. The molecule has 0 heterocycles. The summed E-state index contributed by atoms with van der Waals surface area (Å²) in [5, 5.41) is 0. The van der Waals surface area contributed by atoms with E-state index in [0.717, 1.165) is 12.7 Å². The van der Waals surface area contributed by atoms with E-state index in [2.05, 4.69) is 0 Å². The third-order valence-corrected chi connectivity index (χ3v) is 4.52. The standard InChI is InChI=1S/C11H14O2/c12-5-10-8-4-9(11(10)13)7-2-1-6(8)3-7/h5-10H,1-4H2. The molecule has 0 aromatic rings. The van der Waals surface area contributed by atoms with Gasteiger partial charge in [-0.15, -0.1) is 0 Å². The van der Waals surface area contributed by atoms with Gasteiger partial charge in [0.15, 0.2) is 0 Å². The maximum atomic E-state index is 11.8. The van der Waals surface area contributed by atoms with Gasteiger partial charge in [0, 0.05) is 5.92 Å². The molecule has 0 radical (unpaired) electrons. The Balaban J connectivity index is 1.99. The number of carbonyl (C=O) groups excluding carboxylic acids is 2. The van der Waals surface area contributed by atoms with E-state index in [1.54, 1.807) is 0 Å². The Hall–Kier alpha value is -0.660. The fourth-order valence-corrected chi connectivity index (χ4v) is 3.90. The second-order valence-electron chi connectivity index (χ2n) is 4.90. The van der Waals surface area contributed by atoms with Gasteiger partial charge in [0.2, 0.25) is 0 Å². The highest BCUT2D eigenvalue weighted by Gasteiger charge is 2.54. The van der Waals surface area contributed by atoms with Gasteiger partial charge in [-0.25, -0.2) is 0 Å². The van der Waals surface area contributed by atoms with Crippen LogP contribution in [0, 0.1) is 29.6 Å². The number of Topliss-reactive ketones (excluding diaryl/α,β-unsaturated/α-hetero) is 1. The van der Waals surface area contributed by atoms with E-state index in [1.807, 2.05) is 0 Å². The zero-order valence-corrected chi connectivity index (χ0v) is 7.61. The van der Waals surface area contributed by atoms with E-state index >= 15 is 0 Å². The van der Waals surface area contributed by atoms with Gasteiger partial charge < -0.3 is 4.79 Å². The highest BCUT2D eigenvalue weighted by Crippen LogP contribution is 2.56. The summed E-state index contributed by atoms with van der Waals surface area (Å²) in [7, 11) is 0. The minimum absolute atomic E-state index is 0.222. The van der Waals surface area contributed by atoms with Gasteiger partial charge >= 0.3 is 0 Å². The van der Waals surface area contributed by atoms with Crippen molar-refractivity contribution < 1.29 is 9.59 Å². The van der Waals surface area contributed by atoms with E-state index in [0.29, 0.717) is 17.8 Å². The lowest BCUT2D eigenvalue weighted by atomic mass is 9.78. The van der Waals surface area contributed by atoms with Crippen molar-refractivity contribution in [3.05, 3.63) is 0 Å². The number of hydrogen-bond donors (Lipinski definition) is 0. The molecule has 5 atom stereocenters. The molecule has 3 saturated carbocycles. The van der Waals surface area contributed by atoms with Gasteiger partial charge in [-0.05, 0) is 43.4 Å². The zero-order chi connectivity index (χ0) is 9.00. The Kier molecular flexibility index (Phi) is 1.44. The zero-order valence-electron chi connectivity index (χ0n) is 7.61. The predicted molar refractivity (Wildman–Crippen MR) is 47.0 cm³/mol. The summed E-state index contributed by atoms with van der Waals surface area (Å²) in [6.45, 7) is 0. The molecular weight excluding hydrogens is 164 g/mol. The summed E-state index contributed by atoms with van der Waals surface area (Å²) < 4.78 is 0. The predicted octanol–water partition coefficient (Wildman–Crippen LogP) is 1.44. The van der Waals surface area contributed by atoms with Gasteiger partial charge in [-0.1, -0.05) is 0 Å². The van der Waals surface area contributed by atoms with Crippen LogP contribution in [0.5, 0.6) is 0 Å². The molecule has 4 bridgehead atoms. The first kappa shape index (κ1) is 7.72. The molecule has 3 aliphatic carbocycles. The maximum absolute atomic E-state index is 11.8. The minimum atomic E-state index is -0.222. The molecule has 0 N–H and O–H groups in total. The van der Waals surface area contributed by atoms with Crippen LogP contribution >= 0.6 is 0 Å². The molecular formula is C11H14O2. The first-order valence-corrected chi connectivity index (χ1v) is 5.30. The van der Waals surface area contributed by atoms with E-state index < -0.39 is 0 Å². The van der Waals surface area contributed by atoms with Crippen molar-refractivity contribution in [1.29, 1.82) is 0 Å². The summed E-state index contributed by atoms with van der Waals surface area (Å²) >= 11 is 0. The summed E-state index contributed by atoms with van der Waals surface area (Å²) in [6.07, 6.45) is 5.67. The van der Waals surface area contributed by atoms with Crippen LogP contribution in [0.4, 0.5) is 0 Å². The van der Waals surface area contributed by atoms with Crippen LogP contribution in [0.15, 0.2) is 0 Å². The number of carbonyl (C=O) groups is 2. The molecule has 3 aliphatic rings. The SMILES string of the molecule is O=CC1C(=O)C2CC1C1CCC2C1. The van der Waals surface area contributed by atoms with Gasteiger partial charge in [0.1, 0.15) is 12.1 Å². The van der Waals surface area contributed by atoms with Crippen molar-refractivity contribution in [1.82, 2.24) is 0 Å². The molecule has 2 nitrogen and oxygen atoms in total. The number of hydrogen-bond acceptors (Lipinski definition) is 2. The quantitative estimate of drug-likeness (QED) is 0.449. The Bertz CT molecular complexity index is 271. The molecule has 5 unspecified atom stereocenters. The molecule has 13 heavy (non-hydrogen) atoms. The van der Waals surface area contributed by atoms with Crippen molar-refractivity contribution in [3.8, 4) is 0 Å². The van der Waals surface area contributed by atoms with Crippen LogP contribution in [-0.4, -0.2) is 12.1 Å². The van der Waals surface area contributed by atoms with Gasteiger partial charge in [0.25, 0.3) is 0 Å². The first-order valence-electron chi connectivity index (χ1n) is 5.30. The summed E-state index contributed by atoms with van der Waals surface area (Å²) in [5.41, 5.74) is 0. The third-order valence-electron chi connectivity index (χ3n) is 4.52. The highest BCUT2D eigenvalue weighted by atomic mass is 16.1. The van der Waals surface area contributed by atoms with Crippen molar-refractivity contribution in [2.24, 2.45) is 29.6 Å². The average Bonchev–Trinajstić information content (AvgIpc) is 2.63. The van der Waals surface area contributed by atoms with Crippen molar-refractivity contribution >= 4 is 12.1 Å². The smallest absolute Gasteiger partial charge is 0.146 e. The van der Waals surface area contributed by atoms with Gasteiger partial charge in [-0.2, -0.15) is 0 Å². The molecule has 70 valence electrons. The minimum Gasteiger partial charge on any atom is -0.303 e. The summed E-state index contributed by atoms with van der Waals surface area (Å²) in [4.78, 5) is 22.6. The van der Waals surface area contributed by atoms with Crippen LogP contribution in [-0.2, 0) is 9.59 Å². The second-order valence-corrected chi connectivity index (χ2v) is 4.90. The van der Waals surface area contributed by atoms with Crippen LogP contribution in [0.1, 0.15) is 25.7 Å². The monoisotopic (exact) mass is 178 g/mol. The van der Waals surface area contributed by atoms with E-state index in [-0.39, 0.29) is 17.6 Å². The van der Waals surface area contributed by atoms with Gasteiger partial charge in [0.05, 0.1) is 5.92 Å². The van der Waals surface area contributed by atoms with Crippen LogP contribution in [0.25, 0.3) is 0 Å². The van der Waals surface area contributed by atoms with Crippen molar-refractivity contribution in [2.45, 2.75) is 25.7 Å². The fourth-order valence-electron chi connectivity index (χ4n) is 3.90. The maximum Gasteiger partial charge on any atom is 0.146 e. The van der Waals surface area contributed by atoms with Gasteiger partial charge in [-0.3, -0.25) is 4.79 Å². The van der Waals surface area contributed by atoms with Crippen molar-refractivity contribution in [3.63, 3.8) is 0 Å². The van der Waals surface area contributed by atoms with E-state index in [4.69, 9.17) is 0 Å². The number of ketones is 1. The molecule has 3 rings (SSSR count). The Morgan fingerprint density at radius 3 is 2.69 bits per heavy atom. The molecule has 0 saturated heterocycles. The van der Waals surface area contributed by atoms with Crippen LogP contribution in [0.2, 0.25) is 0 Å². The van der Waals surface area contributed by atoms with E-state index in [9.17, 15) is 9.59 Å². The number of fused-ring (bicyclic) bond motifs is 6.